The van der Waals surface area contributed by atoms with E-state index in [1.807, 2.05) is 20.5 Å². The molecule has 38 heavy (non-hydrogen) atoms. The number of nitrogens with one attached hydrogen (secondary N) is 1. The van der Waals surface area contributed by atoms with Gasteiger partial charge in [-0.05, 0) is 30.2 Å². The quantitative estimate of drug-likeness (QED) is 0.345. The van der Waals surface area contributed by atoms with Gasteiger partial charge < -0.3 is 29.4 Å². The molecular formula is C26H42N2O8PS+. The Balaban J connectivity index is 1.73. The number of amides is 1. The van der Waals surface area contributed by atoms with Crippen LogP contribution in [0.25, 0.3) is 0 Å². The van der Waals surface area contributed by atoms with Crippen molar-refractivity contribution >= 4 is 30.0 Å². The van der Waals surface area contributed by atoms with Crippen LogP contribution in [0.5, 0.6) is 5.75 Å². The average molecular weight is 574 g/mol. The molecule has 2 N–H and O–H groups in total. The minimum atomic E-state index is -3.86. The number of rotatable bonds is 13. The zero-order valence-corrected chi connectivity index (χ0v) is 24.5. The predicted molar refractivity (Wildman–Crippen MR) is 148 cm³/mol. The Bertz CT molecular complexity index is 1020. The van der Waals surface area contributed by atoms with Gasteiger partial charge in [0.05, 0.1) is 64.0 Å². The Kier molecular flexibility index (Phi) is 11.4. The zero-order chi connectivity index (χ0) is 27.9. The normalized spacial score (nSPS) is 23.6. The number of methoxy groups -OCH3 is 1. The Hall–Kier alpha value is -1.75. The number of alkyl carbamates (subject to hydrolysis) is 1. The molecule has 1 heterocycles. The molecule has 1 aliphatic heterocycles. The third-order valence-electron chi connectivity index (χ3n) is 6.75. The largest absolute Gasteiger partial charge is 0.497 e. The highest BCUT2D eigenvalue weighted by Crippen LogP contribution is 2.30. The molecule has 0 aromatic heterocycles. The molecule has 0 bridgehead atoms. The number of fused-ring (bicyclic) bond motifs is 1. The summed E-state index contributed by atoms with van der Waals surface area (Å²) in [5, 5.41) is 13.3. The van der Waals surface area contributed by atoms with Gasteiger partial charge in [0, 0.05) is 38.5 Å². The second-order valence-corrected chi connectivity index (χ2v) is 14.5. The lowest BCUT2D eigenvalue weighted by molar-refractivity contribution is -0.124. The van der Waals surface area contributed by atoms with Crippen LogP contribution in [0.4, 0.5) is 4.79 Å². The number of ether oxygens (including phenoxy) is 4. The van der Waals surface area contributed by atoms with E-state index in [0.717, 1.165) is 0 Å². The number of carbonyl (C=O) groups excluding carboxylic acids is 1. The second-order valence-electron chi connectivity index (χ2n) is 10.4. The summed E-state index contributed by atoms with van der Waals surface area (Å²) in [6.45, 7) is 6.91. The molecule has 0 spiro atoms. The third-order valence-corrected chi connectivity index (χ3v) is 9.61. The Labute approximate surface area is 227 Å². The molecule has 1 aromatic rings. The summed E-state index contributed by atoms with van der Waals surface area (Å²) in [5.41, 5.74) is 0. The number of nitrogens with zero attached hydrogens (tertiary/aromatic N) is 1. The maximum atomic E-state index is 13.6. The summed E-state index contributed by atoms with van der Waals surface area (Å²) < 4.78 is 50.9. The highest BCUT2D eigenvalue weighted by molar-refractivity contribution is 7.89. The van der Waals surface area contributed by atoms with Gasteiger partial charge in [0.2, 0.25) is 10.0 Å². The van der Waals surface area contributed by atoms with Crippen LogP contribution in [0.15, 0.2) is 29.2 Å². The van der Waals surface area contributed by atoms with Crippen molar-refractivity contribution in [3.63, 3.8) is 0 Å². The molecule has 3 rings (SSSR count). The van der Waals surface area contributed by atoms with Crippen molar-refractivity contribution in [3.05, 3.63) is 24.3 Å². The first-order valence-electron chi connectivity index (χ1n) is 13.0. The molecule has 5 atom stereocenters. The van der Waals surface area contributed by atoms with Gasteiger partial charge >= 0.3 is 6.09 Å². The number of aliphatic hydroxyl groups is 1. The van der Waals surface area contributed by atoms with Crippen molar-refractivity contribution in [1.29, 1.82) is 0 Å². The van der Waals surface area contributed by atoms with Gasteiger partial charge in [-0.2, -0.15) is 4.31 Å². The Morgan fingerprint density at radius 1 is 1.18 bits per heavy atom. The van der Waals surface area contributed by atoms with Crippen LogP contribution >= 0.6 is 7.55 Å². The van der Waals surface area contributed by atoms with Crippen molar-refractivity contribution < 1.29 is 37.3 Å². The summed E-state index contributed by atoms with van der Waals surface area (Å²) >= 11 is 0. The fourth-order valence-corrected chi connectivity index (χ4v) is 7.62. The lowest BCUT2D eigenvalue weighted by atomic mass is 10.0. The topological polar surface area (TPSA) is 124 Å². The first-order chi connectivity index (χ1) is 18.0. The summed E-state index contributed by atoms with van der Waals surface area (Å²) in [5.74, 6) is 0.0471. The van der Waals surface area contributed by atoms with Crippen molar-refractivity contribution in [2.75, 3.05) is 52.8 Å². The standard InChI is InChI=1S/C26H41N2O8PS/c1-18(2)14-28(38(31,32)22-8-6-20(33-3)7-9-22)15-19(16-29)23(17-37(4)5)27-26(30)36-21-12-24-25(13-21)35-11-10-34-24/h6-9,18-19,21,23-25,29H,4,10-17H2,1-3,5H3/p+1. The van der Waals surface area contributed by atoms with Gasteiger partial charge in [0.25, 0.3) is 0 Å². The number of benzene rings is 1. The fourth-order valence-electron chi connectivity index (χ4n) is 4.90. The maximum Gasteiger partial charge on any atom is 0.407 e. The molecule has 1 amide bonds. The molecular weight excluding hydrogens is 531 g/mol. The molecule has 12 heteroatoms. The third kappa shape index (κ3) is 8.37. The van der Waals surface area contributed by atoms with E-state index in [9.17, 15) is 18.3 Å². The summed E-state index contributed by atoms with van der Waals surface area (Å²) in [7, 11) is -3.05. The molecule has 1 aliphatic carbocycles. The summed E-state index contributed by atoms with van der Waals surface area (Å²) in [6, 6.07) is 5.71. The van der Waals surface area contributed by atoms with Gasteiger partial charge in [-0.1, -0.05) is 13.8 Å². The summed E-state index contributed by atoms with van der Waals surface area (Å²) in [4.78, 5) is 13.0. The molecule has 2 fully saturated rings. The van der Waals surface area contributed by atoms with E-state index in [4.69, 9.17) is 18.9 Å². The van der Waals surface area contributed by atoms with Crippen molar-refractivity contribution in [1.82, 2.24) is 9.62 Å². The van der Waals surface area contributed by atoms with Crippen LogP contribution in [0, 0.1) is 11.8 Å². The zero-order valence-electron chi connectivity index (χ0n) is 22.7. The van der Waals surface area contributed by atoms with Crippen molar-refractivity contribution in [3.8, 4) is 5.75 Å². The van der Waals surface area contributed by atoms with E-state index in [1.165, 1.54) is 23.5 Å². The van der Waals surface area contributed by atoms with Crippen LogP contribution < -0.4 is 10.1 Å². The second kappa shape index (κ2) is 14.1. The molecule has 214 valence electrons. The minimum absolute atomic E-state index is 0.0341. The molecule has 0 radical (unpaired) electrons. The van der Waals surface area contributed by atoms with Gasteiger partial charge in [-0.25, -0.2) is 13.2 Å². The van der Waals surface area contributed by atoms with Crippen LogP contribution in [0.2, 0.25) is 0 Å². The van der Waals surface area contributed by atoms with E-state index in [0.29, 0.717) is 38.0 Å². The number of aliphatic hydroxyl groups excluding tert-OH is 1. The van der Waals surface area contributed by atoms with Gasteiger partial charge in [0.1, 0.15) is 18.0 Å². The predicted octanol–water partition coefficient (Wildman–Crippen LogP) is 2.54. The van der Waals surface area contributed by atoms with E-state index >= 15 is 0 Å². The van der Waals surface area contributed by atoms with Crippen molar-refractivity contribution in [2.24, 2.45) is 11.8 Å². The maximum absolute atomic E-state index is 13.6. The Morgan fingerprint density at radius 3 is 2.29 bits per heavy atom. The van der Waals surface area contributed by atoms with Crippen LogP contribution in [0.1, 0.15) is 26.7 Å². The number of carbonyl (C=O) groups is 1. The monoisotopic (exact) mass is 573 g/mol. The number of hydrogen-bond acceptors (Lipinski definition) is 8. The molecule has 2 aliphatic rings. The molecule has 1 saturated carbocycles. The molecule has 1 aromatic carbocycles. The summed E-state index contributed by atoms with van der Waals surface area (Å²) in [6.07, 6.45) is 4.70. The van der Waals surface area contributed by atoms with Crippen LogP contribution in [0.3, 0.4) is 0 Å². The molecule has 5 unspecified atom stereocenters. The fraction of sp³-hybridized carbons (Fsp3) is 0.692. The molecule has 10 nitrogen and oxygen atoms in total. The van der Waals surface area contributed by atoms with Gasteiger partial charge in [-0.15, -0.1) is 0 Å². The lowest BCUT2D eigenvalue weighted by Crippen LogP contribution is -2.50. The van der Waals surface area contributed by atoms with E-state index < -0.39 is 35.6 Å². The highest BCUT2D eigenvalue weighted by atomic mass is 32.2. The number of sulfonamides is 1. The average Bonchev–Trinajstić information content (AvgIpc) is 3.27. The first kappa shape index (κ1) is 30.8. The SMILES string of the molecule is C=[P+](C)CC(NC(=O)OC1CC2OCCOC2C1)C(CO)CN(CC(C)C)S(=O)(=O)c1ccc(OC)cc1. The lowest BCUT2D eigenvalue weighted by Gasteiger charge is -2.31. The van der Waals surface area contributed by atoms with E-state index in [2.05, 4.69) is 11.6 Å². The number of hydrogen-bond donors (Lipinski definition) is 2. The van der Waals surface area contributed by atoms with Crippen LogP contribution in [-0.4, -0.2) is 107 Å². The van der Waals surface area contributed by atoms with Gasteiger partial charge in [-0.3, -0.25) is 0 Å². The smallest absolute Gasteiger partial charge is 0.407 e. The van der Waals surface area contributed by atoms with Crippen LogP contribution in [-0.2, 0) is 24.2 Å². The van der Waals surface area contributed by atoms with E-state index in [1.54, 1.807) is 12.1 Å². The highest BCUT2D eigenvalue weighted by Gasteiger charge is 2.40. The Morgan fingerprint density at radius 2 is 1.79 bits per heavy atom. The molecule has 1 saturated heterocycles. The first-order valence-corrected chi connectivity index (χ1v) is 16.6. The van der Waals surface area contributed by atoms with Gasteiger partial charge in [0.15, 0.2) is 0 Å². The van der Waals surface area contributed by atoms with Crippen molar-refractivity contribution in [2.45, 2.75) is 55.9 Å². The van der Waals surface area contributed by atoms with E-state index in [-0.39, 0.29) is 48.8 Å². The minimum Gasteiger partial charge on any atom is -0.497 e.